The molecular weight excluding hydrogens is 572 g/mol. The summed E-state index contributed by atoms with van der Waals surface area (Å²) in [5, 5.41) is 0.650. The second-order valence-electron chi connectivity index (χ2n) is 11.0. The molecule has 0 amide bonds. The number of halogens is 1. The van der Waals surface area contributed by atoms with Gasteiger partial charge < -0.3 is 23.7 Å². The Kier molecular flexibility index (Phi) is 11.9. The molecule has 4 aromatic carbocycles. The van der Waals surface area contributed by atoms with Gasteiger partial charge in [-0.15, -0.1) is 0 Å². The summed E-state index contributed by atoms with van der Waals surface area (Å²) in [6, 6.07) is 32.6. The summed E-state index contributed by atoms with van der Waals surface area (Å²) in [6.07, 6.45) is 3.42. The minimum Gasteiger partial charge on any atom is -0.494 e. The number of benzene rings is 4. The largest absolute Gasteiger partial charge is 0.494 e. The van der Waals surface area contributed by atoms with Gasteiger partial charge >= 0.3 is 0 Å². The third kappa shape index (κ3) is 9.20. The van der Waals surface area contributed by atoms with E-state index in [1.807, 2.05) is 61.5 Å². The maximum atomic E-state index is 6.84. The van der Waals surface area contributed by atoms with Crippen LogP contribution in [0.3, 0.4) is 0 Å². The monoisotopic (exact) mass is 612 g/mol. The highest BCUT2D eigenvalue weighted by Gasteiger charge is 2.33. The summed E-state index contributed by atoms with van der Waals surface area (Å²) in [5.74, 6) is 1.55. The van der Waals surface area contributed by atoms with Crippen LogP contribution in [0.15, 0.2) is 110 Å². The molecule has 44 heavy (non-hydrogen) atoms. The van der Waals surface area contributed by atoms with E-state index in [2.05, 4.69) is 49.0 Å². The summed E-state index contributed by atoms with van der Waals surface area (Å²) < 4.78 is 31.1. The third-order valence-electron chi connectivity index (χ3n) is 7.61. The fourth-order valence-electron chi connectivity index (χ4n) is 5.46. The zero-order chi connectivity index (χ0) is 30.6. The Bertz CT molecular complexity index is 1440. The summed E-state index contributed by atoms with van der Waals surface area (Å²) in [4.78, 5) is 0. The molecule has 5 nitrogen and oxygen atoms in total. The maximum Gasteiger partial charge on any atom is 0.127 e. The molecule has 0 radical (unpaired) electrons. The predicted molar refractivity (Wildman–Crippen MR) is 176 cm³/mol. The van der Waals surface area contributed by atoms with E-state index in [-0.39, 0.29) is 18.3 Å². The molecule has 1 fully saturated rings. The van der Waals surface area contributed by atoms with Crippen molar-refractivity contribution in [3.8, 4) is 11.5 Å². The molecule has 0 saturated carbocycles. The van der Waals surface area contributed by atoms with E-state index < -0.39 is 0 Å². The summed E-state index contributed by atoms with van der Waals surface area (Å²) >= 11 is 6.84. The topological polar surface area (TPSA) is 46.2 Å². The van der Waals surface area contributed by atoms with Gasteiger partial charge in [0.05, 0.1) is 44.7 Å². The van der Waals surface area contributed by atoms with Crippen molar-refractivity contribution >= 4 is 11.6 Å². The molecule has 0 aliphatic carbocycles. The van der Waals surface area contributed by atoms with Crippen molar-refractivity contribution in [2.45, 2.75) is 57.7 Å². The van der Waals surface area contributed by atoms with Crippen molar-refractivity contribution in [2.75, 3.05) is 19.8 Å². The number of hydrogen-bond donors (Lipinski definition) is 0. The van der Waals surface area contributed by atoms with Crippen LogP contribution in [0.2, 0.25) is 5.02 Å². The first-order chi connectivity index (χ1) is 21.6. The highest BCUT2D eigenvalue weighted by Crippen LogP contribution is 2.41. The summed E-state index contributed by atoms with van der Waals surface area (Å²) in [6.45, 7) is 8.35. The number of hydrogen-bond acceptors (Lipinski definition) is 5. The Labute approximate surface area is 266 Å². The first-order valence-corrected chi connectivity index (χ1v) is 15.7. The van der Waals surface area contributed by atoms with Gasteiger partial charge in [-0.2, -0.15) is 0 Å². The molecule has 0 N–H and O–H groups in total. The summed E-state index contributed by atoms with van der Waals surface area (Å²) in [5.41, 5.74) is 5.38. The lowest BCUT2D eigenvalue weighted by Gasteiger charge is -2.36. The smallest absolute Gasteiger partial charge is 0.127 e. The highest BCUT2D eigenvalue weighted by atomic mass is 35.5. The maximum absolute atomic E-state index is 6.84. The molecule has 1 aliphatic rings. The molecule has 0 bridgehead atoms. The first kappa shape index (κ1) is 31.8. The van der Waals surface area contributed by atoms with Crippen molar-refractivity contribution in [1.29, 1.82) is 0 Å². The van der Waals surface area contributed by atoms with E-state index in [9.17, 15) is 0 Å². The second kappa shape index (κ2) is 16.5. The molecule has 0 spiro atoms. The molecule has 5 rings (SSSR count). The van der Waals surface area contributed by atoms with E-state index in [1.165, 1.54) is 0 Å². The van der Waals surface area contributed by atoms with Gasteiger partial charge in [0.15, 0.2) is 0 Å². The fourth-order valence-corrected chi connectivity index (χ4v) is 5.68. The van der Waals surface area contributed by atoms with Crippen LogP contribution in [0.1, 0.15) is 53.7 Å². The molecule has 230 valence electrons. The highest BCUT2D eigenvalue weighted by molar-refractivity contribution is 6.31. The lowest BCUT2D eigenvalue weighted by Crippen LogP contribution is -2.36. The Morgan fingerprint density at radius 1 is 0.841 bits per heavy atom. The van der Waals surface area contributed by atoms with Crippen molar-refractivity contribution in [3.05, 3.63) is 143 Å². The molecule has 3 unspecified atom stereocenters. The van der Waals surface area contributed by atoms with E-state index in [0.29, 0.717) is 56.6 Å². The predicted octanol–water partition coefficient (Wildman–Crippen LogP) is 8.92. The van der Waals surface area contributed by atoms with Crippen molar-refractivity contribution < 1.29 is 23.7 Å². The van der Waals surface area contributed by atoms with Crippen LogP contribution in [0.4, 0.5) is 0 Å². The Morgan fingerprint density at radius 2 is 1.55 bits per heavy atom. The molecule has 3 atom stereocenters. The standard InChI is InChI=1S/C38H41ClO5/c1-3-19-42-37-24-36(39)31(20-28-15-17-32(18-16-28)41-4-2)21-35(37)38-23-33(43-26-30-13-9-6-10-14-30)22-34(44-38)27-40-25-29-11-7-5-8-12-29/h3,5-18,21,24,33-34,38H,1,4,19-20,22-23,25-27H2,2H3. The lowest BCUT2D eigenvalue weighted by atomic mass is 9.93. The third-order valence-corrected chi connectivity index (χ3v) is 7.97. The molecule has 4 aromatic rings. The van der Waals surface area contributed by atoms with Crippen LogP contribution >= 0.6 is 11.6 Å². The first-order valence-electron chi connectivity index (χ1n) is 15.3. The van der Waals surface area contributed by atoms with E-state index in [0.717, 1.165) is 40.0 Å². The zero-order valence-electron chi connectivity index (χ0n) is 25.3. The summed E-state index contributed by atoms with van der Waals surface area (Å²) in [7, 11) is 0. The van der Waals surface area contributed by atoms with Gasteiger partial charge in [0.2, 0.25) is 0 Å². The lowest BCUT2D eigenvalue weighted by molar-refractivity contribution is -0.142. The Hall–Kier alpha value is -3.61. The molecule has 1 saturated heterocycles. The Morgan fingerprint density at radius 3 is 2.23 bits per heavy atom. The van der Waals surface area contributed by atoms with Gasteiger partial charge in [0.1, 0.15) is 18.1 Å². The van der Waals surface area contributed by atoms with E-state index in [1.54, 1.807) is 6.08 Å². The zero-order valence-corrected chi connectivity index (χ0v) is 26.1. The van der Waals surface area contributed by atoms with Crippen molar-refractivity contribution in [1.82, 2.24) is 0 Å². The molecule has 1 heterocycles. The van der Waals surface area contributed by atoms with Crippen LogP contribution in [0.5, 0.6) is 11.5 Å². The van der Waals surface area contributed by atoms with E-state index >= 15 is 0 Å². The van der Waals surface area contributed by atoms with Crippen molar-refractivity contribution in [3.63, 3.8) is 0 Å². The second-order valence-corrected chi connectivity index (χ2v) is 11.4. The fraction of sp³-hybridized carbons (Fsp3) is 0.316. The van der Waals surface area contributed by atoms with Gasteiger partial charge in [0.25, 0.3) is 0 Å². The van der Waals surface area contributed by atoms with Gasteiger partial charge in [-0.3, -0.25) is 0 Å². The number of rotatable bonds is 15. The quantitative estimate of drug-likeness (QED) is 0.125. The van der Waals surface area contributed by atoms with Crippen molar-refractivity contribution in [2.24, 2.45) is 0 Å². The average molecular weight is 613 g/mol. The van der Waals surface area contributed by atoms with Crippen LogP contribution in [0, 0.1) is 0 Å². The minimum atomic E-state index is -0.258. The average Bonchev–Trinajstić information content (AvgIpc) is 3.06. The van der Waals surface area contributed by atoms with Crippen LogP contribution in [-0.2, 0) is 33.8 Å². The van der Waals surface area contributed by atoms with Crippen LogP contribution in [-0.4, -0.2) is 32.0 Å². The molecule has 6 heteroatoms. The van der Waals surface area contributed by atoms with Gasteiger partial charge in [0, 0.05) is 23.4 Å². The number of ether oxygens (including phenoxy) is 5. The van der Waals surface area contributed by atoms with Gasteiger partial charge in [-0.25, -0.2) is 0 Å². The SMILES string of the molecule is C=CCOc1cc(Cl)c(Cc2ccc(OCC)cc2)cc1C1CC(OCc2ccccc2)CC(COCc2ccccc2)O1. The van der Waals surface area contributed by atoms with Crippen LogP contribution < -0.4 is 9.47 Å². The van der Waals surface area contributed by atoms with Crippen LogP contribution in [0.25, 0.3) is 0 Å². The molecular formula is C38H41ClO5. The van der Waals surface area contributed by atoms with Gasteiger partial charge in [-0.1, -0.05) is 97.1 Å². The minimum absolute atomic E-state index is 0.0169. The normalized spacial score (nSPS) is 18.1. The molecule has 0 aromatic heterocycles. The van der Waals surface area contributed by atoms with Gasteiger partial charge in [-0.05, 0) is 59.9 Å². The molecule has 1 aliphatic heterocycles. The Balaban J connectivity index is 1.38. The van der Waals surface area contributed by atoms with E-state index in [4.69, 9.17) is 35.3 Å².